The van der Waals surface area contributed by atoms with E-state index in [9.17, 15) is 10.1 Å². The molecule has 5 heteroatoms. The maximum atomic E-state index is 11.1. The fraction of sp³-hybridized carbons (Fsp3) is 0.625. The van der Waals surface area contributed by atoms with Crippen molar-refractivity contribution in [2.75, 3.05) is 19.6 Å². The first kappa shape index (κ1) is 14.5. The van der Waals surface area contributed by atoms with Crippen LogP contribution < -0.4 is 5.32 Å². The average Bonchev–Trinajstić information content (AvgIpc) is 3.30. The van der Waals surface area contributed by atoms with Crippen molar-refractivity contribution in [2.45, 2.75) is 38.3 Å². The van der Waals surface area contributed by atoms with E-state index in [2.05, 4.69) is 10.2 Å². The Morgan fingerprint density at radius 2 is 2.10 bits per heavy atom. The molecule has 0 bridgehead atoms. The Balaban J connectivity index is 1.57. The molecule has 0 radical (unpaired) electrons. The number of nitro benzene ring substituents is 1. The number of likely N-dealkylation sites (tertiary alicyclic amines) is 1. The molecule has 114 valence electrons. The number of benzene rings is 1. The van der Waals surface area contributed by atoms with Gasteiger partial charge in [0.05, 0.1) is 4.92 Å². The van der Waals surface area contributed by atoms with Crippen LogP contribution in [-0.4, -0.2) is 35.5 Å². The van der Waals surface area contributed by atoms with Gasteiger partial charge in [-0.25, -0.2) is 0 Å². The van der Waals surface area contributed by atoms with Gasteiger partial charge in [0.1, 0.15) is 0 Å². The monoisotopic (exact) mass is 289 g/mol. The Morgan fingerprint density at radius 1 is 1.29 bits per heavy atom. The number of para-hydroxylation sites is 1. The normalized spacial score (nSPS) is 23.1. The molecule has 1 aromatic carbocycles. The first-order valence-corrected chi connectivity index (χ1v) is 7.90. The fourth-order valence-electron chi connectivity index (χ4n) is 3.15. The number of hydrogen-bond donors (Lipinski definition) is 1. The zero-order valence-electron chi connectivity index (χ0n) is 12.3. The number of rotatable bonds is 6. The van der Waals surface area contributed by atoms with Crippen molar-refractivity contribution >= 4 is 5.69 Å². The van der Waals surface area contributed by atoms with Crippen LogP contribution in [0.1, 0.15) is 31.2 Å². The van der Waals surface area contributed by atoms with E-state index in [1.54, 1.807) is 12.1 Å². The standard InChI is InChI=1S/C16H23N3O2/c20-19(21)16-6-2-1-5-14(16)12-18-9-3-4-13(11-18)10-17-15-7-8-15/h1-2,5-6,13,15,17H,3-4,7-12H2. The highest BCUT2D eigenvalue weighted by molar-refractivity contribution is 5.39. The minimum Gasteiger partial charge on any atom is -0.314 e. The molecule has 0 aromatic heterocycles. The Bertz CT molecular complexity index is 502. The van der Waals surface area contributed by atoms with E-state index in [0.717, 1.165) is 31.2 Å². The van der Waals surface area contributed by atoms with Gasteiger partial charge in [-0.15, -0.1) is 0 Å². The third-order valence-corrected chi connectivity index (χ3v) is 4.46. The minimum atomic E-state index is -0.272. The van der Waals surface area contributed by atoms with Gasteiger partial charge in [0.15, 0.2) is 0 Å². The first-order chi connectivity index (χ1) is 10.2. The Morgan fingerprint density at radius 3 is 2.86 bits per heavy atom. The summed E-state index contributed by atoms with van der Waals surface area (Å²) in [5.41, 5.74) is 1.08. The van der Waals surface area contributed by atoms with E-state index in [4.69, 9.17) is 0 Å². The van der Waals surface area contributed by atoms with Crippen LogP contribution in [0.2, 0.25) is 0 Å². The summed E-state index contributed by atoms with van der Waals surface area (Å²) in [5.74, 6) is 0.683. The van der Waals surface area contributed by atoms with Crippen LogP contribution in [0.3, 0.4) is 0 Å². The van der Waals surface area contributed by atoms with Crippen molar-refractivity contribution < 1.29 is 4.92 Å². The molecule has 1 unspecified atom stereocenters. The van der Waals surface area contributed by atoms with Gasteiger partial charge in [-0.1, -0.05) is 18.2 Å². The largest absolute Gasteiger partial charge is 0.314 e. The van der Waals surface area contributed by atoms with Crippen molar-refractivity contribution in [1.82, 2.24) is 10.2 Å². The number of hydrogen-bond acceptors (Lipinski definition) is 4. The van der Waals surface area contributed by atoms with Gasteiger partial charge in [-0.2, -0.15) is 0 Å². The van der Waals surface area contributed by atoms with E-state index in [-0.39, 0.29) is 10.6 Å². The summed E-state index contributed by atoms with van der Waals surface area (Å²) in [7, 11) is 0. The second-order valence-corrected chi connectivity index (χ2v) is 6.31. The molecule has 0 spiro atoms. The molecule has 2 fully saturated rings. The van der Waals surface area contributed by atoms with Gasteiger partial charge in [-0.3, -0.25) is 15.0 Å². The van der Waals surface area contributed by atoms with Crippen LogP contribution >= 0.6 is 0 Å². The quantitative estimate of drug-likeness (QED) is 0.646. The topological polar surface area (TPSA) is 58.4 Å². The fourth-order valence-corrected chi connectivity index (χ4v) is 3.15. The lowest BCUT2D eigenvalue weighted by Gasteiger charge is -2.32. The van der Waals surface area contributed by atoms with Crippen molar-refractivity contribution in [2.24, 2.45) is 5.92 Å². The van der Waals surface area contributed by atoms with E-state index >= 15 is 0 Å². The van der Waals surface area contributed by atoms with Crippen molar-refractivity contribution in [3.05, 3.63) is 39.9 Å². The maximum absolute atomic E-state index is 11.1. The predicted molar refractivity (Wildman–Crippen MR) is 82.1 cm³/mol. The maximum Gasteiger partial charge on any atom is 0.273 e. The van der Waals surface area contributed by atoms with Crippen LogP contribution in [0, 0.1) is 16.0 Å². The molecular weight excluding hydrogens is 266 g/mol. The number of nitro groups is 1. The summed E-state index contributed by atoms with van der Waals surface area (Å²) < 4.78 is 0. The van der Waals surface area contributed by atoms with Crippen LogP contribution in [0.4, 0.5) is 5.69 Å². The Hall–Kier alpha value is -1.46. The SMILES string of the molecule is O=[N+]([O-])c1ccccc1CN1CCCC(CNC2CC2)C1. The first-order valence-electron chi connectivity index (χ1n) is 7.90. The third-order valence-electron chi connectivity index (χ3n) is 4.46. The summed E-state index contributed by atoms with van der Waals surface area (Å²) >= 11 is 0. The summed E-state index contributed by atoms with van der Waals surface area (Å²) in [4.78, 5) is 13.2. The highest BCUT2D eigenvalue weighted by Crippen LogP contribution is 2.24. The smallest absolute Gasteiger partial charge is 0.273 e. The second-order valence-electron chi connectivity index (χ2n) is 6.31. The summed E-state index contributed by atoms with van der Waals surface area (Å²) in [6.45, 7) is 3.88. The molecule has 0 amide bonds. The number of nitrogens with one attached hydrogen (secondary N) is 1. The molecule has 1 atom stereocenters. The molecule has 1 aromatic rings. The van der Waals surface area contributed by atoms with Crippen LogP contribution in [0.25, 0.3) is 0 Å². The van der Waals surface area contributed by atoms with E-state index in [1.807, 2.05) is 12.1 Å². The molecule has 1 saturated heterocycles. The van der Waals surface area contributed by atoms with Gasteiger partial charge in [-0.05, 0) is 44.7 Å². The molecule has 3 rings (SSSR count). The van der Waals surface area contributed by atoms with Crippen molar-refractivity contribution in [1.29, 1.82) is 0 Å². The second kappa shape index (κ2) is 6.54. The molecule has 1 saturated carbocycles. The predicted octanol–water partition coefficient (Wildman–Crippen LogP) is 2.56. The molecule has 2 aliphatic rings. The molecular formula is C16H23N3O2. The zero-order chi connectivity index (χ0) is 14.7. The molecule has 1 heterocycles. The lowest BCUT2D eigenvalue weighted by Crippen LogP contribution is -2.39. The summed E-state index contributed by atoms with van der Waals surface area (Å²) in [6, 6.07) is 7.87. The van der Waals surface area contributed by atoms with Crippen LogP contribution in [0.15, 0.2) is 24.3 Å². The van der Waals surface area contributed by atoms with E-state index in [1.165, 1.54) is 25.7 Å². The molecule has 1 aliphatic heterocycles. The zero-order valence-corrected chi connectivity index (χ0v) is 12.3. The molecule has 1 aliphatic carbocycles. The van der Waals surface area contributed by atoms with E-state index < -0.39 is 0 Å². The van der Waals surface area contributed by atoms with E-state index in [0.29, 0.717) is 12.5 Å². The van der Waals surface area contributed by atoms with Gasteiger partial charge in [0.2, 0.25) is 0 Å². The van der Waals surface area contributed by atoms with Crippen molar-refractivity contribution in [3.8, 4) is 0 Å². The summed E-state index contributed by atoms with van der Waals surface area (Å²) in [5, 5.41) is 14.7. The van der Waals surface area contributed by atoms with Gasteiger partial charge in [0.25, 0.3) is 5.69 Å². The lowest BCUT2D eigenvalue weighted by atomic mass is 9.97. The molecule has 5 nitrogen and oxygen atoms in total. The number of piperidine rings is 1. The molecule has 1 N–H and O–H groups in total. The summed E-state index contributed by atoms with van der Waals surface area (Å²) in [6.07, 6.45) is 5.12. The number of nitrogens with zero attached hydrogens (tertiary/aromatic N) is 2. The van der Waals surface area contributed by atoms with Gasteiger partial charge < -0.3 is 5.32 Å². The lowest BCUT2D eigenvalue weighted by molar-refractivity contribution is -0.385. The highest BCUT2D eigenvalue weighted by Gasteiger charge is 2.25. The van der Waals surface area contributed by atoms with Crippen LogP contribution in [-0.2, 0) is 6.54 Å². The Kier molecular flexibility index (Phi) is 4.51. The van der Waals surface area contributed by atoms with Gasteiger partial charge >= 0.3 is 0 Å². The third kappa shape index (κ3) is 4.02. The van der Waals surface area contributed by atoms with Crippen molar-refractivity contribution in [3.63, 3.8) is 0 Å². The minimum absolute atomic E-state index is 0.246. The molecule has 21 heavy (non-hydrogen) atoms. The van der Waals surface area contributed by atoms with Gasteiger partial charge in [0, 0.05) is 30.8 Å². The average molecular weight is 289 g/mol. The van der Waals surface area contributed by atoms with Crippen LogP contribution in [0.5, 0.6) is 0 Å². The Labute approximate surface area is 125 Å². The highest BCUT2D eigenvalue weighted by atomic mass is 16.6.